The summed E-state index contributed by atoms with van der Waals surface area (Å²) in [6.07, 6.45) is 4.05. The van der Waals surface area contributed by atoms with E-state index in [2.05, 4.69) is 46.7 Å². The normalized spacial score (nSPS) is 13.4. The summed E-state index contributed by atoms with van der Waals surface area (Å²) in [6, 6.07) is 8.84. The van der Waals surface area contributed by atoms with Crippen LogP contribution in [0.25, 0.3) is 0 Å². The molecular formula is C17H16BrN7O. The van der Waals surface area contributed by atoms with Gasteiger partial charge in [0.25, 0.3) is 0 Å². The number of nitrogens with zero attached hydrogens (tertiary/aromatic N) is 3. The molecule has 0 bridgehead atoms. The maximum atomic E-state index is 11.3. The highest BCUT2D eigenvalue weighted by Crippen LogP contribution is 2.39. The average molecular weight is 414 g/mol. The zero-order valence-corrected chi connectivity index (χ0v) is 15.2. The number of halogens is 1. The summed E-state index contributed by atoms with van der Waals surface area (Å²) in [4.78, 5) is 20.0. The lowest BCUT2D eigenvalue weighted by molar-refractivity contribution is 0.100. The summed E-state index contributed by atoms with van der Waals surface area (Å²) >= 11 is 3.44. The van der Waals surface area contributed by atoms with Crippen LogP contribution in [-0.2, 0) is 0 Å². The molecule has 1 aliphatic rings. The summed E-state index contributed by atoms with van der Waals surface area (Å²) in [7, 11) is 0. The second kappa shape index (κ2) is 6.75. The van der Waals surface area contributed by atoms with Crippen LogP contribution < -0.4 is 16.4 Å². The molecule has 4 rings (SSSR count). The zero-order chi connectivity index (χ0) is 18.1. The summed E-state index contributed by atoms with van der Waals surface area (Å²) in [5.74, 6) is 1.78. The lowest BCUT2D eigenvalue weighted by atomic mass is 10.2. The van der Waals surface area contributed by atoms with Crippen molar-refractivity contribution in [2.75, 3.05) is 10.6 Å². The second-order valence-electron chi connectivity index (χ2n) is 6.07. The van der Waals surface area contributed by atoms with Crippen LogP contribution in [0.1, 0.15) is 34.8 Å². The molecule has 1 amide bonds. The Hall–Kier alpha value is -2.94. The lowest BCUT2D eigenvalue weighted by Gasteiger charge is -2.09. The number of carbonyl (C=O) groups is 1. The fourth-order valence-corrected chi connectivity index (χ4v) is 2.81. The molecule has 0 spiro atoms. The van der Waals surface area contributed by atoms with Gasteiger partial charge in [0.2, 0.25) is 11.9 Å². The molecule has 0 aliphatic heterocycles. The Kier molecular flexibility index (Phi) is 4.29. The van der Waals surface area contributed by atoms with E-state index in [1.165, 1.54) is 12.8 Å². The van der Waals surface area contributed by atoms with Crippen molar-refractivity contribution in [1.29, 1.82) is 0 Å². The van der Waals surface area contributed by atoms with Crippen molar-refractivity contribution in [1.82, 2.24) is 20.2 Å². The van der Waals surface area contributed by atoms with Gasteiger partial charge >= 0.3 is 0 Å². The monoisotopic (exact) mass is 413 g/mol. The fraction of sp³-hybridized carbons (Fsp3) is 0.176. The molecule has 0 atom stereocenters. The molecule has 2 aromatic heterocycles. The van der Waals surface area contributed by atoms with Crippen molar-refractivity contribution in [2.45, 2.75) is 18.8 Å². The summed E-state index contributed by atoms with van der Waals surface area (Å²) in [5, 5.41) is 13.6. The van der Waals surface area contributed by atoms with Crippen LogP contribution in [0.5, 0.6) is 0 Å². The van der Waals surface area contributed by atoms with Gasteiger partial charge in [0.05, 0.1) is 4.47 Å². The van der Waals surface area contributed by atoms with E-state index in [-0.39, 0.29) is 0 Å². The molecule has 2 heterocycles. The number of carbonyl (C=O) groups excluding carboxylic acids is 1. The van der Waals surface area contributed by atoms with Crippen LogP contribution >= 0.6 is 15.9 Å². The van der Waals surface area contributed by atoms with Crippen molar-refractivity contribution in [3.63, 3.8) is 0 Å². The number of nitrogens with one attached hydrogen (secondary N) is 3. The predicted octanol–water partition coefficient (Wildman–Crippen LogP) is 3.43. The Bertz CT molecular complexity index is 967. The number of aromatic amines is 1. The highest BCUT2D eigenvalue weighted by atomic mass is 79.9. The molecule has 8 nitrogen and oxygen atoms in total. The first-order valence-electron chi connectivity index (χ1n) is 8.10. The third-order valence-corrected chi connectivity index (χ3v) is 4.59. The third-order valence-electron chi connectivity index (χ3n) is 4.01. The van der Waals surface area contributed by atoms with Crippen molar-refractivity contribution in [2.24, 2.45) is 5.73 Å². The van der Waals surface area contributed by atoms with Crippen molar-refractivity contribution in [3.8, 4) is 0 Å². The third kappa shape index (κ3) is 3.67. The maximum absolute atomic E-state index is 11.3. The molecule has 1 saturated carbocycles. The van der Waals surface area contributed by atoms with E-state index in [1.54, 1.807) is 30.5 Å². The zero-order valence-electron chi connectivity index (χ0n) is 13.7. The number of benzene rings is 1. The smallest absolute Gasteiger partial charge is 0.248 e. The second-order valence-corrected chi connectivity index (χ2v) is 6.92. The Morgan fingerprint density at radius 2 is 2.12 bits per heavy atom. The van der Waals surface area contributed by atoms with Gasteiger partial charge in [-0.05, 0) is 47.0 Å². The first-order valence-corrected chi connectivity index (χ1v) is 8.89. The molecule has 3 aromatic rings. The Morgan fingerprint density at radius 3 is 2.88 bits per heavy atom. The largest absolute Gasteiger partial charge is 0.366 e. The van der Waals surface area contributed by atoms with Gasteiger partial charge in [-0.1, -0.05) is 6.07 Å². The van der Waals surface area contributed by atoms with Crippen LogP contribution in [0.15, 0.2) is 41.0 Å². The minimum Gasteiger partial charge on any atom is -0.366 e. The van der Waals surface area contributed by atoms with Crippen LogP contribution in [0.3, 0.4) is 0 Å². The number of aromatic nitrogens is 4. The minimum absolute atomic E-state index is 0.385. The molecule has 0 radical (unpaired) electrons. The van der Waals surface area contributed by atoms with Crippen LogP contribution in [0.2, 0.25) is 0 Å². The Morgan fingerprint density at radius 1 is 1.27 bits per heavy atom. The predicted molar refractivity (Wildman–Crippen MR) is 102 cm³/mol. The van der Waals surface area contributed by atoms with Crippen LogP contribution in [-0.4, -0.2) is 26.1 Å². The fourth-order valence-electron chi connectivity index (χ4n) is 2.52. The highest BCUT2D eigenvalue weighted by Gasteiger charge is 2.25. The van der Waals surface area contributed by atoms with Crippen molar-refractivity contribution >= 4 is 45.1 Å². The van der Waals surface area contributed by atoms with Gasteiger partial charge in [-0.3, -0.25) is 9.89 Å². The van der Waals surface area contributed by atoms with Gasteiger partial charge in [-0.15, -0.1) is 0 Å². The van der Waals surface area contributed by atoms with Gasteiger partial charge in [-0.25, -0.2) is 4.98 Å². The molecule has 5 N–H and O–H groups in total. The maximum Gasteiger partial charge on any atom is 0.248 e. The van der Waals surface area contributed by atoms with Crippen molar-refractivity contribution in [3.05, 3.63) is 52.3 Å². The van der Waals surface area contributed by atoms with Gasteiger partial charge in [-0.2, -0.15) is 10.1 Å². The molecule has 0 saturated heterocycles. The molecule has 9 heteroatoms. The number of H-pyrrole nitrogens is 1. The van der Waals surface area contributed by atoms with Crippen molar-refractivity contribution < 1.29 is 4.79 Å². The molecule has 26 heavy (non-hydrogen) atoms. The van der Waals surface area contributed by atoms with E-state index in [0.29, 0.717) is 39.2 Å². The standard InChI is InChI=1S/C17H16BrN7O/c18-12-8-20-17(21-11-3-1-2-10(6-11)15(19)26)23-16(12)22-14-7-13(24-25-14)9-4-5-9/h1-3,6-9H,4-5H2,(H2,19,26)(H3,20,21,22,23,24,25). The summed E-state index contributed by atoms with van der Waals surface area (Å²) < 4.78 is 0.713. The van der Waals surface area contributed by atoms with E-state index in [9.17, 15) is 4.79 Å². The van der Waals surface area contributed by atoms with E-state index in [4.69, 9.17) is 5.73 Å². The molecule has 1 fully saturated rings. The van der Waals surface area contributed by atoms with E-state index >= 15 is 0 Å². The topological polar surface area (TPSA) is 122 Å². The van der Waals surface area contributed by atoms with Gasteiger partial charge < -0.3 is 16.4 Å². The molecule has 132 valence electrons. The van der Waals surface area contributed by atoms with E-state index in [1.807, 2.05) is 6.07 Å². The lowest BCUT2D eigenvalue weighted by Crippen LogP contribution is -2.11. The number of primary amides is 1. The van der Waals surface area contributed by atoms with Crippen LogP contribution in [0, 0.1) is 0 Å². The SMILES string of the molecule is NC(=O)c1cccc(Nc2ncc(Br)c(Nc3cc(C4CC4)[nH]n3)n2)c1. The Balaban J connectivity index is 1.53. The molecular weight excluding hydrogens is 398 g/mol. The first-order chi connectivity index (χ1) is 12.6. The molecule has 1 aromatic carbocycles. The summed E-state index contributed by atoms with van der Waals surface area (Å²) in [6.45, 7) is 0. The van der Waals surface area contributed by atoms with Gasteiger partial charge in [0, 0.05) is 35.1 Å². The van der Waals surface area contributed by atoms with E-state index < -0.39 is 5.91 Å². The number of anilines is 4. The molecule has 0 unspecified atom stereocenters. The first kappa shape index (κ1) is 16.5. The van der Waals surface area contributed by atoms with Gasteiger partial charge in [0.15, 0.2) is 11.6 Å². The minimum atomic E-state index is -0.488. The Labute approximate surface area is 157 Å². The van der Waals surface area contributed by atoms with Crippen LogP contribution in [0.4, 0.5) is 23.3 Å². The number of rotatable bonds is 6. The number of hydrogen-bond acceptors (Lipinski definition) is 6. The number of hydrogen-bond donors (Lipinski definition) is 4. The van der Waals surface area contributed by atoms with Gasteiger partial charge in [0.1, 0.15) is 0 Å². The quantitative estimate of drug-likeness (QED) is 0.490. The number of amides is 1. The van der Waals surface area contributed by atoms with E-state index in [0.717, 1.165) is 5.69 Å². The summed E-state index contributed by atoms with van der Waals surface area (Å²) in [5.41, 5.74) is 7.53. The number of nitrogens with two attached hydrogens (primary N) is 1. The highest BCUT2D eigenvalue weighted by molar-refractivity contribution is 9.10. The molecule has 1 aliphatic carbocycles. The average Bonchev–Trinajstić information content (AvgIpc) is 3.38.